The minimum Gasteiger partial charge on any atom is -0.379 e. The van der Waals surface area contributed by atoms with Crippen LogP contribution in [-0.4, -0.2) is 29.7 Å². The Morgan fingerprint density at radius 2 is 2.15 bits per heavy atom. The zero-order valence-corrected chi connectivity index (χ0v) is 11.8. The monoisotopic (exact) mass is 299 g/mol. The first kappa shape index (κ1) is 14.3. The van der Waals surface area contributed by atoms with Crippen LogP contribution in [0.1, 0.15) is 5.69 Å². The van der Waals surface area contributed by atoms with E-state index in [0.717, 1.165) is 11.9 Å². The van der Waals surface area contributed by atoms with E-state index in [-0.39, 0.29) is 5.69 Å². The van der Waals surface area contributed by atoms with Crippen molar-refractivity contribution in [2.75, 3.05) is 16.3 Å². The molecule has 108 valence electrons. The van der Waals surface area contributed by atoms with Gasteiger partial charge in [0.15, 0.2) is 0 Å². The Morgan fingerprint density at radius 3 is 2.75 bits per heavy atom. The largest absolute Gasteiger partial charge is 0.379 e. The number of halogens is 1. The SMILES string of the molecule is Cn1nncc1CNc1ccc(F)c(NS(C)(=O)=O)c1. The van der Waals surface area contributed by atoms with E-state index in [9.17, 15) is 12.8 Å². The maximum atomic E-state index is 13.5. The van der Waals surface area contributed by atoms with Crippen molar-refractivity contribution in [2.45, 2.75) is 6.54 Å². The van der Waals surface area contributed by atoms with Gasteiger partial charge in [0.1, 0.15) is 5.82 Å². The number of hydrogen-bond donors (Lipinski definition) is 2. The lowest BCUT2D eigenvalue weighted by atomic mass is 10.2. The van der Waals surface area contributed by atoms with Gasteiger partial charge in [-0.2, -0.15) is 0 Å². The van der Waals surface area contributed by atoms with E-state index in [0.29, 0.717) is 12.2 Å². The van der Waals surface area contributed by atoms with Gasteiger partial charge in [-0.05, 0) is 18.2 Å². The number of sulfonamides is 1. The molecule has 0 unspecified atom stereocenters. The maximum absolute atomic E-state index is 13.5. The molecule has 9 heteroatoms. The summed E-state index contributed by atoms with van der Waals surface area (Å²) in [5.41, 5.74) is 1.33. The highest BCUT2D eigenvalue weighted by molar-refractivity contribution is 7.92. The third-order valence-corrected chi connectivity index (χ3v) is 3.13. The number of benzene rings is 1. The Balaban J connectivity index is 2.13. The Morgan fingerprint density at radius 1 is 1.40 bits per heavy atom. The van der Waals surface area contributed by atoms with Gasteiger partial charge >= 0.3 is 0 Å². The van der Waals surface area contributed by atoms with Crippen molar-refractivity contribution in [3.05, 3.63) is 35.9 Å². The van der Waals surface area contributed by atoms with Crippen LogP contribution in [0, 0.1) is 5.82 Å². The van der Waals surface area contributed by atoms with E-state index in [2.05, 4.69) is 20.4 Å². The first-order chi connectivity index (χ1) is 9.35. The van der Waals surface area contributed by atoms with Crippen LogP contribution in [-0.2, 0) is 23.6 Å². The first-order valence-corrected chi connectivity index (χ1v) is 7.59. The molecule has 0 bridgehead atoms. The molecule has 2 aromatic rings. The number of anilines is 2. The molecule has 1 heterocycles. The number of aromatic nitrogens is 3. The van der Waals surface area contributed by atoms with Crippen molar-refractivity contribution in [1.82, 2.24) is 15.0 Å². The fourth-order valence-corrected chi connectivity index (χ4v) is 2.13. The first-order valence-electron chi connectivity index (χ1n) is 5.70. The quantitative estimate of drug-likeness (QED) is 0.857. The van der Waals surface area contributed by atoms with E-state index in [1.165, 1.54) is 18.2 Å². The molecule has 2 rings (SSSR count). The molecule has 7 nitrogen and oxygen atoms in total. The molecule has 0 aliphatic carbocycles. The van der Waals surface area contributed by atoms with E-state index < -0.39 is 15.8 Å². The molecule has 0 aliphatic heterocycles. The van der Waals surface area contributed by atoms with Gasteiger partial charge in [-0.25, -0.2) is 12.8 Å². The van der Waals surface area contributed by atoms with Crippen molar-refractivity contribution in [3.63, 3.8) is 0 Å². The van der Waals surface area contributed by atoms with Gasteiger partial charge in [-0.15, -0.1) is 5.10 Å². The lowest BCUT2D eigenvalue weighted by Gasteiger charge is -2.10. The second-order valence-corrected chi connectivity index (χ2v) is 6.02. The highest BCUT2D eigenvalue weighted by atomic mass is 32.2. The Kier molecular flexibility index (Phi) is 3.89. The molecular formula is C11H14FN5O2S. The van der Waals surface area contributed by atoms with Crippen molar-refractivity contribution < 1.29 is 12.8 Å². The zero-order valence-electron chi connectivity index (χ0n) is 11.0. The van der Waals surface area contributed by atoms with E-state index in [1.54, 1.807) is 17.9 Å². The summed E-state index contributed by atoms with van der Waals surface area (Å²) in [5, 5.41) is 10.6. The second-order valence-electron chi connectivity index (χ2n) is 4.27. The molecule has 1 aromatic heterocycles. The standard InChI is InChI=1S/C11H14FN5O2S/c1-17-9(7-14-16-17)6-13-8-3-4-10(12)11(5-8)15-20(2,18)19/h3-5,7,13,15H,6H2,1-2H3. The molecule has 0 spiro atoms. The van der Waals surface area contributed by atoms with Crippen LogP contribution in [0.5, 0.6) is 0 Å². The van der Waals surface area contributed by atoms with Crippen LogP contribution in [0.3, 0.4) is 0 Å². The fraction of sp³-hybridized carbons (Fsp3) is 0.273. The summed E-state index contributed by atoms with van der Waals surface area (Å²) >= 11 is 0. The van der Waals surface area contributed by atoms with Gasteiger partial charge < -0.3 is 5.32 Å². The molecule has 0 amide bonds. The Bertz CT molecular complexity index is 713. The minimum atomic E-state index is -3.52. The summed E-state index contributed by atoms with van der Waals surface area (Å²) in [5.74, 6) is -0.636. The van der Waals surface area contributed by atoms with Crippen LogP contribution >= 0.6 is 0 Å². The van der Waals surface area contributed by atoms with E-state index >= 15 is 0 Å². The molecule has 0 saturated carbocycles. The predicted molar refractivity (Wildman–Crippen MR) is 73.2 cm³/mol. The molecule has 0 atom stereocenters. The molecule has 0 saturated heterocycles. The summed E-state index contributed by atoms with van der Waals surface area (Å²) in [7, 11) is -1.77. The zero-order chi connectivity index (χ0) is 14.8. The number of nitrogens with one attached hydrogen (secondary N) is 2. The summed E-state index contributed by atoms with van der Waals surface area (Å²) < 4.78 is 39.5. The number of rotatable bonds is 5. The topological polar surface area (TPSA) is 88.9 Å². The minimum absolute atomic E-state index is 0.0966. The van der Waals surface area contributed by atoms with Gasteiger partial charge in [0.2, 0.25) is 10.0 Å². The summed E-state index contributed by atoms with van der Waals surface area (Å²) in [6.45, 7) is 0.438. The fourth-order valence-electron chi connectivity index (χ4n) is 1.58. The van der Waals surface area contributed by atoms with Crippen molar-refractivity contribution in [2.24, 2.45) is 7.05 Å². The van der Waals surface area contributed by atoms with E-state index in [1.807, 2.05) is 0 Å². The van der Waals surface area contributed by atoms with Gasteiger partial charge in [-0.1, -0.05) is 5.21 Å². The molecule has 1 aromatic carbocycles. The molecular weight excluding hydrogens is 285 g/mol. The molecule has 0 fully saturated rings. The maximum Gasteiger partial charge on any atom is 0.229 e. The molecule has 0 aliphatic rings. The average molecular weight is 299 g/mol. The lowest BCUT2D eigenvalue weighted by molar-refractivity contribution is 0.604. The van der Waals surface area contributed by atoms with Gasteiger partial charge in [-0.3, -0.25) is 9.40 Å². The number of nitrogens with zero attached hydrogens (tertiary/aromatic N) is 3. The van der Waals surface area contributed by atoms with Gasteiger partial charge in [0.05, 0.1) is 30.4 Å². The van der Waals surface area contributed by atoms with Gasteiger partial charge in [0.25, 0.3) is 0 Å². The molecule has 0 radical (unpaired) electrons. The summed E-state index contributed by atoms with van der Waals surface area (Å²) in [4.78, 5) is 0. The molecule has 2 N–H and O–H groups in total. The van der Waals surface area contributed by atoms with Crippen LogP contribution in [0.15, 0.2) is 24.4 Å². The predicted octanol–water partition coefficient (Wildman–Crippen LogP) is 0.938. The lowest BCUT2D eigenvalue weighted by Crippen LogP contribution is -2.11. The van der Waals surface area contributed by atoms with E-state index in [4.69, 9.17) is 0 Å². The van der Waals surface area contributed by atoms with Crippen molar-refractivity contribution >= 4 is 21.4 Å². The summed E-state index contributed by atoms with van der Waals surface area (Å²) in [6.07, 6.45) is 2.57. The van der Waals surface area contributed by atoms with Crippen LogP contribution in [0.4, 0.5) is 15.8 Å². The normalized spacial score (nSPS) is 11.3. The number of aryl methyl sites for hydroxylation is 1. The van der Waals surface area contributed by atoms with Crippen LogP contribution < -0.4 is 10.0 Å². The highest BCUT2D eigenvalue weighted by Gasteiger charge is 2.09. The van der Waals surface area contributed by atoms with Crippen molar-refractivity contribution in [1.29, 1.82) is 0 Å². The smallest absolute Gasteiger partial charge is 0.229 e. The average Bonchev–Trinajstić information content (AvgIpc) is 2.74. The second kappa shape index (κ2) is 5.45. The Labute approximate surface area is 115 Å². The van der Waals surface area contributed by atoms with Crippen LogP contribution in [0.2, 0.25) is 0 Å². The summed E-state index contributed by atoms with van der Waals surface area (Å²) in [6, 6.07) is 4.10. The van der Waals surface area contributed by atoms with Crippen molar-refractivity contribution in [3.8, 4) is 0 Å². The molecule has 20 heavy (non-hydrogen) atoms. The third kappa shape index (κ3) is 3.67. The third-order valence-electron chi connectivity index (χ3n) is 2.54. The highest BCUT2D eigenvalue weighted by Crippen LogP contribution is 2.20. The van der Waals surface area contributed by atoms with Gasteiger partial charge in [0, 0.05) is 12.7 Å². The number of hydrogen-bond acceptors (Lipinski definition) is 5. The Hall–Kier alpha value is -2.16. The van der Waals surface area contributed by atoms with Crippen LogP contribution in [0.25, 0.3) is 0 Å².